The molecular weight excluding hydrogens is 310 g/mol. The maximum absolute atomic E-state index is 12.6. The van der Waals surface area contributed by atoms with Gasteiger partial charge in [0.2, 0.25) is 10.0 Å². The Balaban J connectivity index is 2.04. The van der Waals surface area contributed by atoms with Crippen molar-refractivity contribution in [2.75, 3.05) is 46.3 Å². The van der Waals surface area contributed by atoms with Crippen LogP contribution in [-0.2, 0) is 10.0 Å². The van der Waals surface area contributed by atoms with Crippen LogP contribution in [0.25, 0.3) is 0 Å². The van der Waals surface area contributed by atoms with Crippen molar-refractivity contribution in [3.63, 3.8) is 0 Å². The first kappa shape index (κ1) is 16.7. The fourth-order valence-corrected chi connectivity index (χ4v) is 4.00. The Hall–Kier alpha value is -0.660. The lowest BCUT2D eigenvalue weighted by molar-refractivity contribution is 0.229. The van der Waals surface area contributed by atoms with E-state index in [1.807, 2.05) is 0 Å². The Kier molecular flexibility index (Phi) is 5.62. The number of hydrogen-bond donors (Lipinski definition) is 1. The summed E-state index contributed by atoms with van der Waals surface area (Å²) in [4.78, 5) is 2.60. The standard InChI is InChI=1S/C14H22ClN3O2S/c1-12-11-13(15)3-4-14(12)21(19,20)17(2)9-10-18-7-5-16-6-8-18/h3-4,11,16H,5-10H2,1-2H3. The zero-order valence-corrected chi connectivity index (χ0v) is 14.0. The number of rotatable bonds is 5. The molecule has 0 radical (unpaired) electrons. The number of nitrogens with one attached hydrogen (secondary N) is 1. The predicted octanol–water partition coefficient (Wildman–Crippen LogP) is 1.17. The van der Waals surface area contributed by atoms with Gasteiger partial charge in [-0.3, -0.25) is 4.90 Å². The van der Waals surface area contributed by atoms with Gasteiger partial charge >= 0.3 is 0 Å². The smallest absolute Gasteiger partial charge is 0.243 e. The summed E-state index contributed by atoms with van der Waals surface area (Å²) in [5.74, 6) is 0. The van der Waals surface area contributed by atoms with Crippen molar-refractivity contribution in [1.82, 2.24) is 14.5 Å². The second-order valence-electron chi connectivity index (χ2n) is 5.33. The van der Waals surface area contributed by atoms with Crippen molar-refractivity contribution in [3.8, 4) is 0 Å². The van der Waals surface area contributed by atoms with Crippen molar-refractivity contribution in [2.24, 2.45) is 0 Å². The number of piperazine rings is 1. The van der Waals surface area contributed by atoms with Gasteiger partial charge in [-0.05, 0) is 30.7 Å². The molecule has 0 bridgehead atoms. The highest BCUT2D eigenvalue weighted by Gasteiger charge is 2.23. The summed E-state index contributed by atoms with van der Waals surface area (Å²) in [5, 5.41) is 3.84. The lowest BCUT2D eigenvalue weighted by Crippen LogP contribution is -2.46. The minimum Gasteiger partial charge on any atom is -0.314 e. The van der Waals surface area contributed by atoms with Gasteiger partial charge in [-0.15, -0.1) is 0 Å². The molecule has 118 valence electrons. The van der Waals surface area contributed by atoms with Crippen LogP contribution in [0.2, 0.25) is 5.02 Å². The zero-order valence-electron chi connectivity index (χ0n) is 12.5. The first-order valence-electron chi connectivity index (χ1n) is 7.07. The number of benzene rings is 1. The Morgan fingerprint density at radius 1 is 1.33 bits per heavy atom. The van der Waals surface area contributed by atoms with E-state index in [4.69, 9.17) is 11.6 Å². The Bertz CT molecular complexity index is 586. The van der Waals surface area contributed by atoms with Crippen LogP contribution in [0.3, 0.4) is 0 Å². The molecule has 1 heterocycles. The molecule has 0 aromatic heterocycles. The average molecular weight is 332 g/mol. The van der Waals surface area contributed by atoms with Crippen molar-refractivity contribution >= 4 is 21.6 Å². The van der Waals surface area contributed by atoms with Gasteiger partial charge in [-0.1, -0.05) is 11.6 Å². The summed E-state index contributed by atoms with van der Waals surface area (Å²) < 4.78 is 26.6. The molecule has 5 nitrogen and oxygen atoms in total. The number of hydrogen-bond acceptors (Lipinski definition) is 4. The molecule has 1 aliphatic rings. The van der Waals surface area contributed by atoms with E-state index in [0.29, 0.717) is 22.0 Å². The van der Waals surface area contributed by atoms with Crippen LogP contribution in [0, 0.1) is 6.92 Å². The minimum atomic E-state index is -3.45. The van der Waals surface area contributed by atoms with E-state index in [1.54, 1.807) is 32.2 Å². The molecule has 0 saturated carbocycles. The van der Waals surface area contributed by atoms with Crippen LogP contribution in [0.1, 0.15) is 5.56 Å². The average Bonchev–Trinajstić information content (AvgIpc) is 2.45. The van der Waals surface area contributed by atoms with Gasteiger partial charge in [0.15, 0.2) is 0 Å². The summed E-state index contributed by atoms with van der Waals surface area (Å²) in [6.07, 6.45) is 0. The van der Waals surface area contributed by atoms with E-state index in [0.717, 1.165) is 32.7 Å². The van der Waals surface area contributed by atoms with Gasteiger partial charge in [0.25, 0.3) is 0 Å². The Morgan fingerprint density at radius 3 is 2.62 bits per heavy atom. The lowest BCUT2D eigenvalue weighted by Gasteiger charge is -2.29. The number of likely N-dealkylation sites (N-methyl/N-ethyl adjacent to an activating group) is 1. The summed E-state index contributed by atoms with van der Waals surface area (Å²) in [5.41, 5.74) is 0.677. The number of nitrogens with zero attached hydrogens (tertiary/aromatic N) is 2. The van der Waals surface area contributed by atoms with E-state index >= 15 is 0 Å². The maximum Gasteiger partial charge on any atom is 0.243 e. The second kappa shape index (κ2) is 7.07. The monoisotopic (exact) mass is 331 g/mol. The SMILES string of the molecule is Cc1cc(Cl)ccc1S(=O)(=O)N(C)CCN1CCNCC1. The third-order valence-electron chi connectivity index (χ3n) is 3.77. The first-order valence-corrected chi connectivity index (χ1v) is 8.88. The molecule has 7 heteroatoms. The molecule has 1 N–H and O–H groups in total. The molecule has 0 unspecified atom stereocenters. The molecule has 2 rings (SSSR count). The van der Waals surface area contributed by atoms with Crippen molar-refractivity contribution in [1.29, 1.82) is 0 Å². The van der Waals surface area contributed by atoms with Gasteiger partial charge < -0.3 is 5.32 Å². The molecule has 1 aromatic carbocycles. The Labute approximate surface area is 131 Å². The van der Waals surface area contributed by atoms with Crippen LogP contribution in [0.15, 0.2) is 23.1 Å². The highest BCUT2D eigenvalue weighted by molar-refractivity contribution is 7.89. The Morgan fingerprint density at radius 2 is 2.00 bits per heavy atom. The molecule has 1 saturated heterocycles. The molecule has 0 spiro atoms. The molecule has 0 atom stereocenters. The number of aryl methyl sites for hydroxylation is 1. The summed E-state index contributed by atoms with van der Waals surface area (Å²) in [6.45, 7) is 6.87. The lowest BCUT2D eigenvalue weighted by atomic mass is 10.2. The number of halogens is 1. The molecule has 1 fully saturated rings. The zero-order chi connectivity index (χ0) is 15.5. The maximum atomic E-state index is 12.6. The highest BCUT2D eigenvalue weighted by atomic mass is 35.5. The molecule has 1 aromatic rings. The van der Waals surface area contributed by atoms with Crippen LogP contribution < -0.4 is 5.32 Å². The molecule has 0 amide bonds. The van der Waals surface area contributed by atoms with Gasteiger partial charge in [-0.2, -0.15) is 4.31 Å². The normalized spacial score (nSPS) is 17.3. The molecular formula is C14H22ClN3O2S. The van der Waals surface area contributed by atoms with E-state index in [1.165, 1.54) is 4.31 Å². The molecule has 1 aliphatic heterocycles. The molecule has 21 heavy (non-hydrogen) atoms. The predicted molar refractivity (Wildman–Crippen MR) is 85.3 cm³/mol. The third kappa shape index (κ3) is 4.17. The largest absolute Gasteiger partial charge is 0.314 e. The topological polar surface area (TPSA) is 52.7 Å². The second-order valence-corrected chi connectivity index (χ2v) is 7.78. The van der Waals surface area contributed by atoms with Gasteiger partial charge in [-0.25, -0.2) is 8.42 Å². The minimum absolute atomic E-state index is 0.328. The van der Waals surface area contributed by atoms with Crippen molar-refractivity contribution in [3.05, 3.63) is 28.8 Å². The quantitative estimate of drug-likeness (QED) is 0.880. The fraction of sp³-hybridized carbons (Fsp3) is 0.571. The third-order valence-corrected chi connectivity index (χ3v) is 6.02. The summed E-state index contributed by atoms with van der Waals surface area (Å²) in [6, 6.07) is 4.87. The van der Waals surface area contributed by atoms with Crippen molar-refractivity contribution in [2.45, 2.75) is 11.8 Å². The van der Waals surface area contributed by atoms with E-state index in [-0.39, 0.29) is 0 Å². The van der Waals surface area contributed by atoms with Crippen LogP contribution in [0.4, 0.5) is 0 Å². The van der Waals surface area contributed by atoms with E-state index in [2.05, 4.69) is 10.2 Å². The van der Waals surface area contributed by atoms with Crippen LogP contribution in [0.5, 0.6) is 0 Å². The van der Waals surface area contributed by atoms with E-state index in [9.17, 15) is 8.42 Å². The first-order chi connectivity index (χ1) is 9.91. The number of sulfonamides is 1. The van der Waals surface area contributed by atoms with Crippen molar-refractivity contribution < 1.29 is 8.42 Å². The van der Waals surface area contributed by atoms with Gasteiger partial charge in [0.1, 0.15) is 0 Å². The summed E-state index contributed by atoms with van der Waals surface area (Å²) >= 11 is 5.89. The summed E-state index contributed by atoms with van der Waals surface area (Å²) in [7, 11) is -1.82. The van der Waals surface area contributed by atoms with E-state index < -0.39 is 10.0 Å². The van der Waals surface area contributed by atoms with Gasteiger partial charge in [0, 0.05) is 51.3 Å². The van der Waals surface area contributed by atoms with Gasteiger partial charge in [0.05, 0.1) is 4.90 Å². The van der Waals surface area contributed by atoms with Crippen LogP contribution in [-0.4, -0.2) is 63.9 Å². The highest BCUT2D eigenvalue weighted by Crippen LogP contribution is 2.22. The molecule has 0 aliphatic carbocycles. The fourth-order valence-electron chi connectivity index (χ4n) is 2.41. The van der Waals surface area contributed by atoms with Crippen LogP contribution >= 0.6 is 11.6 Å².